The minimum absolute atomic E-state index is 0.0700. The van der Waals surface area contributed by atoms with E-state index in [0.29, 0.717) is 10.9 Å². The van der Waals surface area contributed by atoms with Crippen LogP contribution < -0.4 is 5.73 Å². The Morgan fingerprint density at radius 1 is 1.35 bits per heavy atom. The van der Waals surface area contributed by atoms with Crippen LogP contribution >= 0.6 is 11.6 Å². The van der Waals surface area contributed by atoms with E-state index in [1.165, 1.54) is 28.9 Å². The normalized spacial score (nSPS) is 24.0. The highest BCUT2D eigenvalue weighted by molar-refractivity contribution is 7.89. The van der Waals surface area contributed by atoms with E-state index in [1.807, 2.05) is 0 Å². The van der Waals surface area contributed by atoms with E-state index >= 15 is 0 Å². The summed E-state index contributed by atoms with van der Waals surface area (Å²) in [6, 6.07) is 4.54. The number of sulfonamides is 1. The van der Waals surface area contributed by atoms with Crippen LogP contribution in [0.15, 0.2) is 23.1 Å². The minimum Gasteiger partial charge on any atom is -0.397 e. The highest BCUT2D eigenvalue weighted by atomic mass is 35.5. The molecule has 0 spiro atoms. The van der Waals surface area contributed by atoms with E-state index in [2.05, 4.69) is 6.92 Å². The molecule has 0 aromatic heterocycles. The summed E-state index contributed by atoms with van der Waals surface area (Å²) in [6.45, 7) is 2.17. The summed E-state index contributed by atoms with van der Waals surface area (Å²) >= 11 is 5.84. The third kappa shape index (κ3) is 3.10. The summed E-state index contributed by atoms with van der Waals surface area (Å²) in [6.07, 6.45) is 4.09. The lowest BCUT2D eigenvalue weighted by Gasteiger charge is -2.33. The summed E-state index contributed by atoms with van der Waals surface area (Å²) in [4.78, 5) is 0.208. The summed E-state index contributed by atoms with van der Waals surface area (Å²) in [5, 5.41) is 0.373. The quantitative estimate of drug-likeness (QED) is 0.871. The van der Waals surface area contributed by atoms with E-state index in [4.69, 9.17) is 17.3 Å². The molecule has 1 saturated carbocycles. The molecule has 1 aromatic rings. The van der Waals surface area contributed by atoms with Crippen LogP contribution in [0.25, 0.3) is 0 Å². The summed E-state index contributed by atoms with van der Waals surface area (Å²) in [5.74, 6) is 0.571. The average molecular weight is 317 g/mol. The van der Waals surface area contributed by atoms with Crippen LogP contribution in [-0.2, 0) is 10.0 Å². The van der Waals surface area contributed by atoms with Gasteiger partial charge in [-0.15, -0.1) is 0 Å². The number of hydrogen-bond donors (Lipinski definition) is 1. The van der Waals surface area contributed by atoms with E-state index < -0.39 is 10.0 Å². The van der Waals surface area contributed by atoms with E-state index in [0.717, 1.165) is 19.3 Å². The van der Waals surface area contributed by atoms with Crippen molar-refractivity contribution < 1.29 is 8.42 Å². The number of rotatable bonds is 3. The van der Waals surface area contributed by atoms with Crippen molar-refractivity contribution in [1.82, 2.24) is 4.31 Å². The van der Waals surface area contributed by atoms with Crippen molar-refractivity contribution in [2.75, 3.05) is 12.8 Å². The second kappa shape index (κ2) is 5.92. The molecule has 20 heavy (non-hydrogen) atoms. The number of hydrogen-bond acceptors (Lipinski definition) is 3. The zero-order valence-electron chi connectivity index (χ0n) is 11.8. The van der Waals surface area contributed by atoms with Gasteiger partial charge in [0.1, 0.15) is 0 Å². The topological polar surface area (TPSA) is 63.4 Å². The Balaban J connectivity index is 2.26. The number of nitrogen functional groups attached to an aromatic ring is 1. The summed E-state index contributed by atoms with van der Waals surface area (Å²) < 4.78 is 26.7. The molecule has 0 bridgehead atoms. The maximum Gasteiger partial charge on any atom is 0.243 e. The fourth-order valence-corrected chi connectivity index (χ4v) is 4.33. The van der Waals surface area contributed by atoms with Crippen molar-refractivity contribution >= 4 is 27.3 Å². The molecular formula is C14H21ClN2O2S. The van der Waals surface area contributed by atoms with Crippen LogP contribution in [0, 0.1) is 5.92 Å². The lowest BCUT2D eigenvalue weighted by molar-refractivity contribution is 0.239. The predicted octanol–water partition coefficient (Wildman–Crippen LogP) is 3.12. The van der Waals surface area contributed by atoms with E-state index in [9.17, 15) is 8.42 Å². The molecule has 1 fully saturated rings. The SMILES string of the molecule is CC1CCCC(N(C)S(=O)(=O)c2ccc(Cl)c(N)c2)C1. The fourth-order valence-electron chi connectivity index (χ4n) is 2.78. The van der Waals surface area contributed by atoms with Crippen molar-refractivity contribution in [2.24, 2.45) is 5.92 Å². The fraction of sp³-hybridized carbons (Fsp3) is 0.571. The Hall–Kier alpha value is -0.780. The Morgan fingerprint density at radius 3 is 2.65 bits per heavy atom. The lowest BCUT2D eigenvalue weighted by atomic mass is 9.87. The second-order valence-corrected chi connectivity index (χ2v) is 8.03. The first-order chi connectivity index (χ1) is 9.32. The molecule has 2 N–H and O–H groups in total. The molecule has 112 valence electrons. The molecular weight excluding hydrogens is 296 g/mol. The smallest absolute Gasteiger partial charge is 0.243 e. The van der Waals surface area contributed by atoms with E-state index in [-0.39, 0.29) is 16.6 Å². The Labute approximate surface area is 126 Å². The first-order valence-corrected chi connectivity index (χ1v) is 8.67. The average Bonchev–Trinajstić information content (AvgIpc) is 2.40. The predicted molar refractivity (Wildman–Crippen MR) is 82.2 cm³/mol. The number of nitrogens with two attached hydrogens (primary N) is 1. The van der Waals surface area contributed by atoms with Gasteiger partial charge in [-0.3, -0.25) is 0 Å². The van der Waals surface area contributed by atoms with Crippen LogP contribution in [0.1, 0.15) is 32.6 Å². The number of benzene rings is 1. The maximum atomic E-state index is 12.6. The van der Waals surface area contributed by atoms with Gasteiger partial charge in [-0.2, -0.15) is 4.31 Å². The van der Waals surface area contributed by atoms with Gasteiger partial charge in [-0.05, 0) is 37.0 Å². The molecule has 0 saturated heterocycles. The summed E-state index contributed by atoms with van der Waals surface area (Å²) in [5.41, 5.74) is 5.99. The molecule has 0 radical (unpaired) electrons. The molecule has 0 amide bonds. The van der Waals surface area contributed by atoms with Gasteiger partial charge in [-0.1, -0.05) is 31.4 Å². The van der Waals surface area contributed by atoms with Gasteiger partial charge in [0, 0.05) is 13.1 Å². The Bertz CT molecular complexity index is 589. The molecule has 1 aliphatic carbocycles. The van der Waals surface area contributed by atoms with Crippen LogP contribution in [-0.4, -0.2) is 25.8 Å². The van der Waals surface area contributed by atoms with Crippen LogP contribution in [0.2, 0.25) is 5.02 Å². The van der Waals surface area contributed by atoms with Gasteiger partial charge in [0.2, 0.25) is 10.0 Å². The second-order valence-electron chi connectivity index (χ2n) is 5.63. The van der Waals surface area contributed by atoms with Gasteiger partial charge < -0.3 is 5.73 Å². The van der Waals surface area contributed by atoms with E-state index in [1.54, 1.807) is 7.05 Å². The molecule has 6 heteroatoms. The number of halogens is 1. The molecule has 0 heterocycles. The largest absolute Gasteiger partial charge is 0.397 e. The Morgan fingerprint density at radius 2 is 2.05 bits per heavy atom. The van der Waals surface area contributed by atoms with Crippen LogP contribution in [0.4, 0.5) is 5.69 Å². The minimum atomic E-state index is -3.51. The van der Waals surface area contributed by atoms with Crippen molar-refractivity contribution in [3.8, 4) is 0 Å². The van der Waals surface area contributed by atoms with Gasteiger partial charge >= 0.3 is 0 Å². The molecule has 1 aliphatic rings. The zero-order chi connectivity index (χ0) is 14.9. The van der Waals surface area contributed by atoms with Gasteiger partial charge in [0.25, 0.3) is 0 Å². The standard InChI is InChI=1S/C14H21ClN2O2S/c1-10-4-3-5-11(8-10)17(2)20(18,19)12-6-7-13(15)14(16)9-12/h6-7,9-11H,3-5,8,16H2,1-2H3. The third-order valence-electron chi connectivity index (χ3n) is 4.07. The number of anilines is 1. The highest BCUT2D eigenvalue weighted by Crippen LogP contribution is 2.31. The van der Waals surface area contributed by atoms with Crippen LogP contribution in [0.3, 0.4) is 0 Å². The third-order valence-corrected chi connectivity index (χ3v) is 6.32. The van der Waals surface area contributed by atoms with Gasteiger partial charge in [0.15, 0.2) is 0 Å². The zero-order valence-corrected chi connectivity index (χ0v) is 13.4. The molecule has 1 aromatic carbocycles. The summed E-state index contributed by atoms with van der Waals surface area (Å²) in [7, 11) is -1.85. The molecule has 2 unspecified atom stereocenters. The molecule has 4 nitrogen and oxygen atoms in total. The lowest BCUT2D eigenvalue weighted by Crippen LogP contribution is -2.39. The molecule has 2 rings (SSSR count). The van der Waals surface area contributed by atoms with Crippen molar-refractivity contribution in [2.45, 2.75) is 43.5 Å². The van der Waals surface area contributed by atoms with Crippen LogP contribution in [0.5, 0.6) is 0 Å². The molecule has 2 atom stereocenters. The first-order valence-electron chi connectivity index (χ1n) is 6.85. The maximum absolute atomic E-state index is 12.6. The van der Waals surface area contributed by atoms with Gasteiger partial charge in [-0.25, -0.2) is 8.42 Å². The number of nitrogens with zero attached hydrogens (tertiary/aromatic N) is 1. The monoisotopic (exact) mass is 316 g/mol. The Kier molecular flexibility index (Phi) is 4.62. The molecule has 0 aliphatic heterocycles. The first kappa shape index (κ1) is 15.6. The van der Waals surface area contributed by atoms with Crippen molar-refractivity contribution in [3.05, 3.63) is 23.2 Å². The van der Waals surface area contributed by atoms with Crippen molar-refractivity contribution in [1.29, 1.82) is 0 Å². The highest BCUT2D eigenvalue weighted by Gasteiger charge is 2.31. The van der Waals surface area contributed by atoms with Gasteiger partial charge in [0.05, 0.1) is 15.6 Å². The van der Waals surface area contributed by atoms with Crippen molar-refractivity contribution in [3.63, 3.8) is 0 Å².